The Kier molecular flexibility index (Phi) is 6.09. The smallest absolute Gasteiger partial charge is 0.323 e. The van der Waals surface area contributed by atoms with Crippen LogP contribution in [0.1, 0.15) is 46.0 Å². The van der Waals surface area contributed by atoms with Crippen molar-refractivity contribution in [2.75, 3.05) is 26.7 Å². The van der Waals surface area contributed by atoms with Gasteiger partial charge in [-0.25, -0.2) is 0 Å². The fraction of sp³-hybridized carbons (Fsp3) is 0.929. The van der Waals surface area contributed by atoms with Gasteiger partial charge < -0.3 is 15.3 Å². The van der Waals surface area contributed by atoms with Crippen molar-refractivity contribution in [1.82, 2.24) is 10.2 Å². The maximum Gasteiger partial charge on any atom is 0.323 e. The Morgan fingerprint density at radius 3 is 2.61 bits per heavy atom. The predicted octanol–water partition coefficient (Wildman–Crippen LogP) is 1.95. The van der Waals surface area contributed by atoms with Crippen molar-refractivity contribution in [3.8, 4) is 0 Å². The van der Waals surface area contributed by atoms with Gasteiger partial charge in [-0.3, -0.25) is 4.79 Å². The Labute approximate surface area is 111 Å². The van der Waals surface area contributed by atoms with E-state index in [-0.39, 0.29) is 0 Å². The topological polar surface area (TPSA) is 52.6 Å². The van der Waals surface area contributed by atoms with Gasteiger partial charge in [-0.1, -0.05) is 13.3 Å². The quantitative estimate of drug-likeness (QED) is 0.662. The van der Waals surface area contributed by atoms with E-state index in [0.29, 0.717) is 13.0 Å². The average molecular weight is 256 g/mol. The normalized spacial score (nSPS) is 19.6. The molecule has 1 unspecified atom stereocenters. The number of carbonyl (C=O) groups is 1. The monoisotopic (exact) mass is 256 g/mol. The molecule has 0 amide bonds. The lowest BCUT2D eigenvalue weighted by Crippen LogP contribution is -2.49. The van der Waals surface area contributed by atoms with Crippen LogP contribution in [0.3, 0.4) is 0 Å². The lowest BCUT2D eigenvalue weighted by atomic mass is 9.85. The highest BCUT2D eigenvalue weighted by molar-refractivity contribution is 5.78. The van der Waals surface area contributed by atoms with Crippen LogP contribution in [0.4, 0.5) is 0 Å². The minimum Gasteiger partial charge on any atom is -0.480 e. The summed E-state index contributed by atoms with van der Waals surface area (Å²) in [5, 5.41) is 12.3. The van der Waals surface area contributed by atoms with E-state index < -0.39 is 11.5 Å². The van der Waals surface area contributed by atoms with Gasteiger partial charge in [-0.05, 0) is 58.7 Å². The fourth-order valence-electron chi connectivity index (χ4n) is 2.57. The average Bonchev–Trinajstić information content (AvgIpc) is 2.23. The molecule has 0 spiro atoms. The molecular formula is C14H28N2O2. The maximum absolute atomic E-state index is 11.2. The molecule has 106 valence electrons. The minimum absolute atomic E-state index is 0.686. The minimum atomic E-state index is -0.772. The number of rotatable bonds is 9. The number of carboxylic acid groups (broad SMARTS) is 1. The Balaban J connectivity index is 2.22. The van der Waals surface area contributed by atoms with Crippen LogP contribution in [0.15, 0.2) is 0 Å². The van der Waals surface area contributed by atoms with Crippen LogP contribution < -0.4 is 5.32 Å². The summed E-state index contributed by atoms with van der Waals surface area (Å²) in [7, 11) is 2.14. The molecule has 4 nitrogen and oxygen atoms in total. The van der Waals surface area contributed by atoms with Crippen molar-refractivity contribution in [2.45, 2.75) is 51.5 Å². The molecule has 1 rings (SSSR count). The highest BCUT2D eigenvalue weighted by atomic mass is 16.4. The van der Waals surface area contributed by atoms with E-state index in [0.717, 1.165) is 18.9 Å². The van der Waals surface area contributed by atoms with Crippen LogP contribution in [0.25, 0.3) is 0 Å². The van der Waals surface area contributed by atoms with Crippen molar-refractivity contribution in [3.05, 3.63) is 0 Å². The lowest BCUT2D eigenvalue weighted by Gasteiger charge is -2.31. The molecule has 1 aliphatic rings. The summed E-state index contributed by atoms with van der Waals surface area (Å²) in [4.78, 5) is 13.6. The zero-order chi connectivity index (χ0) is 13.6. The largest absolute Gasteiger partial charge is 0.480 e. The summed E-state index contributed by atoms with van der Waals surface area (Å²) < 4.78 is 0. The van der Waals surface area contributed by atoms with E-state index in [4.69, 9.17) is 0 Å². The van der Waals surface area contributed by atoms with Crippen molar-refractivity contribution >= 4 is 5.97 Å². The summed E-state index contributed by atoms with van der Waals surface area (Å²) in [6.45, 7) is 6.59. The number of likely N-dealkylation sites (N-methyl/N-ethyl adjacent to an activating group) is 1. The first-order valence-electron chi connectivity index (χ1n) is 7.15. The molecule has 0 heterocycles. The SMILES string of the molecule is CCNC(C)(CCCN(C)CC1CCC1)C(=O)O. The van der Waals surface area contributed by atoms with Crippen LogP contribution >= 0.6 is 0 Å². The zero-order valence-corrected chi connectivity index (χ0v) is 12.0. The van der Waals surface area contributed by atoms with Gasteiger partial charge in [0.05, 0.1) is 0 Å². The molecule has 1 aliphatic carbocycles. The molecule has 2 N–H and O–H groups in total. The Hall–Kier alpha value is -0.610. The third-order valence-corrected chi connectivity index (χ3v) is 4.05. The van der Waals surface area contributed by atoms with Crippen LogP contribution in [-0.2, 0) is 4.79 Å². The summed E-state index contributed by atoms with van der Waals surface area (Å²) in [6.07, 6.45) is 5.74. The molecule has 0 aromatic heterocycles. The van der Waals surface area contributed by atoms with E-state index in [1.807, 2.05) is 6.92 Å². The van der Waals surface area contributed by atoms with Gasteiger partial charge in [0.15, 0.2) is 0 Å². The standard InChI is InChI=1S/C14H28N2O2/c1-4-15-14(2,13(17)18)9-6-10-16(3)11-12-7-5-8-12/h12,15H,4-11H2,1-3H3,(H,17,18). The highest BCUT2D eigenvalue weighted by Crippen LogP contribution is 2.26. The Morgan fingerprint density at radius 2 is 2.17 bits per heavy atom. The first-order chi connectivity index (χ1) is 8.48. The van der Waals surface area contributed by atoms with Gasteiger partial charge in [0.25, 0.3) is 0 Å². The number of carboxylic acids is 1. The second-order valence-corrected chi connectivity index (χ2v) is 5.83. The molecule has 0 aromatic rings. The number of aliphatic carboxylic acids is 1. The second kappa shape index (κ2) is 7.10. The second-order valence-electron chi connectivity index (χ2n) is 5.83. The van der Waals surface area contributed by atoms with E-state index in [2.05, 4.69) is 17.3 Å². The van der Waals surface area contributed by atoms with Crippen LogP contribution in [-0.4, -0.2) is 48.2 Å². The summed E-state index contributed by atoms with van der Waals surface area (Å²) >= 11 is 0. The van der Waals surface area contributed by atoms with Crippen molar-refractivity contribution in [3.63, 3.8) is 0 Å². The van der Waals surface area contributed by atoms with E-state index >= 15 is 0 Å². The lowest BCUT2D eigenvalue weighted by molar-refractivity contribution is -0.144. The summed E-state index contributed by atoms with van der Waals surface area (Å²) in [5.74, 6) is 0.139. The van der Waals surface area contributed by atoms with Gasteiger partial charge in [0, 0.05) is 6.54 Å². The first kappa shape index (κ1) is 15.4. The number of nitrogens with zero attached hydrogens (tertiary/aromatic N) is 1. The third kappa shape index (κ3) is 4.58. The molecule has 1 saturated carbocycles. The van der Waals surface area contributed by atoms with Crippen molar-refractivity contribution in [1.29, 1.82) is 0 Å². The van der Waals surface area contributed by atoms with E-state index in [1.54, 1.807) is 6.92 Å². The molecule has 4 heteroatoms. The molecule has 0 aliphatic heterocycles. The zero-order valence-electron chi connectivity index (χ0n) is 12.0. The summed E-state index contributed by atoms with van der Waals surface area (Å²) in [6, 6.07) is 0. The van der Waals surface area contributed by atoms with Gasteiger partial charge >= 0.3 is 5.97 Å². The first-order valence-corrected chi connectivity index (χ1v) is 7.15. The molecule has 0 aromatic carbocycles. The van der Waals surface area contributed by atoms with Crippen molar-refractivity contribution in [2.24, 2.45) is 5.92 Å². The summed E-state index contributed by atoms with van der Waals surface area (Å²) in [5.41, 5.74) is -0.772. The van der Waals surface area contributed by atoms with Crippen LogP contribution in [0, 0.1) is 5.92 Å². The number of hydrogen-bond acceptors (Lipinski definition) is 3. The van der Waals surface area contributed by atoms with Crippen LogP contribution in [0.2, 0.25) is 0 Å². The molecule has 18 heavy (non-hydrogen) atoms. The molecule has 0 saturated heterocycles. The molecule has 1 fully saturated rings. The molecular weight excluding hydrogens is 228 g/mol. The third-order valence-electron chi connectivity index (χ3n) is 4.05. The van der Waals surface area contributed by atoms with E-state index in [9.17, 15) is 9.90 Å². The molecule has 0 radical (unpaired) electrons. The Morgan fingerprint density at radius 1 is 1.50 bits per heavy atom. The number of hydrogen-bond donors (Lipinski definition) is 2. The number of nitrogens with one attached hydrogen (secondary N) is 1. The predicted molar refractivity (Wildman–Crippen MR) is 73.8 cm³/mol. The van der Waals surface area contributed by atoms with Gasteiger partial charge in [0.2, 0.25) is 0 Å². The molecule has 1 atom stereocenters. The Bertz CT molecular complexity index is 267. The highest BCUT2D eigenvalue weighted by Gasteiger charge is 2.31. The van der Waals surface area contributed by atoms with Crippen molar-refractivity contribution < 1.29 is 9.90 Å². The van der Waals surface area contributed by atoms with E-state index in [1.165, 1.54) is 25.8 Å². The molecule has 0 bridgehead atoms. The van der Waals surface area contributed by atoms with Gasteiger partial charge in [0.1, 0.15) is 5.54 Å². The fourth-order valence-corrected chi connectivity index (χ4v) is 2.57. The van der Waals surface area contributed by atoms with Gasteiger partial charge in [-0.15, -0.1) is 0 Å². The van der Waals surface area contributed by atoms with Gasteiger partial charge in [-0.2, -0.15) is 0 Å². The van der Waals surface area contributed by atoms with Crippen LogP contribution in [0.5, 0.6) is 0 Å². The maximum atomic E-state index is 11.2.